The molecule has 8 nitrogen and oxygen atoms in total. The Morgan fingerprint density at radius 2 is 1.68 bits per heavy atom. The van der Waals surface area contributed by atoms with Crippen LogP contribution in [0.5, 0.6) is 0 Å². The van der Waals surface area contributed by atoms with Crippen LogP contribution >= 0.6 is 0 Å². The molecule has 2 aliphatic rings. The van der Waals surface area contributed by atoms with Crippen LogP contribution in [0, 0.1) is 0 Å². The lowest BCUT2D eigenvalue weighted by Crippen LogP contribution is -2.60. The number of carbonyl (C=O) groups is 3. The molecule has 0 radical (unpaired) electrons. The van der Waals surface area contributed by atoms with Crippen molar-refractivity contribution in [1.82, 2.24) is 15.1 Å². The van der Waals surface area contributed by atoms with Crippen LogP contribution in [0.2, 0.25) is 0 Å². The number of para-hydroxylation sites is 1. The number of aryl methyl sites for hydroxylation is 1. The number of nitrogens with one attached hydrogen (secondary N) is 2. The number of rotatable bonds is 7. The van der Waals surface area contributed by atoms with Gasteiger partial charge in [0.05, 0.1) is 13.0 Å². The van der Waals surface area contributed by atoms with E-state index in [0.717, 1.165) is 32.6 Å². The minimum absolute atomic E-state index is 0.0606. The molecule has 2 saturated heterocycles. The molecule has 180 valence electrons. The predicted octanol–water partition coefficient (Wildman–Crippen LogP) is 1.73. The SMILES string of the molecule is CCc1ccc(NC(=O)C[C@H]2C(=O)NCCN2C(=O)CN2CCN(c3ccccc3)CC2)cc1. The van der Waals surface area contributed by atoms with Crippen LogP contribution in [0.1, 0.15) is 18.9 Å². The second-order valence-corrected chi connectivity index (χ2v) is 8.80. The van der Waals surface area contributed by atoms with E-state index in [1.807, 2.05) is 42.5 Å². The molecule has 34 heavy (non-hydrogen) atoms. The van der Waals surface area contributed by atoms with Gasteiger partial charge in [0.1, 0.15) is 6.04 Å². The van der Waals surface area contributed by atoms with Gasteiger partial charge in [-0.25, -0.2) is 0 Å². The van der Waals surface area contributed by atoms with Gasteiger partial charge in [0.15, 0.2) is 0 Å². The zero-order valence-electron chi connectivity index (χ0n) is 19.7. The van der Waals surface area contributed by atoms with Crippen molar-refractivity contribution in [2.75, 3.05) is 56.0 Å². The third kappa shape index (κ3) is 5.94. The fourth-order valence-corrected chi connectivity index (χ4v) is 4.51. The first-order chi connectivity index (χ1) is 16.5. The summed E-state index contributed by atoms with van der Waals surface area (Å²) in [5.74, 6) is -0.654. The maximum atomic E-state index is 13.1. The average molecular weight is 464 g/mol. The maximum Gasteiger partial charge on any atom is 0.243 e. The van der Waals surface area contributed by atoms with Gasteiger partial charge in [-0.05, 0) is 36.2 Å². The molecule has 2 N–H and O–H groups in total. The van der Waals surface area contributed by atoms with Gasteiger partial charge in [-0.3, -0.25) is 19.3 Å². The Morgan fingerprint density at radius 1 is 0.971 bits per heavy atom. The van der Waals surface area contributed by atoms with Gasteiger partial charge >= 0.3 is 0 Å². The van der Waals surface area contributed by atoms with Crippen molar-refractivity contribution < 1.29 is 14.4 Å². The minimum atomic E-state index is -0.790. The smallest absolute Gasteiger partial charge is 0.243 e. The summed E-state index contributed by atoms with van der Waals surface area (Å²) >= 11 is 0. The van der Waals surface area contributed by atoms with Crippen LogP contribution in [-0.4, -0.2) is 79.4 Å². The number of nitrogens with zero attached hydrogens (tertiary/aromatic N) is 3. The first-order valence-electron chi connectivity index (χ1n) is 12.0. The van der Waals surface area contributed by atoms with Gasteiger partial charge in [-0.1, -0.05) is 37.3 Å². The zero-order valence-corrected chi connectivity index (χ0v) is 19.7. The molecule has 8 heteroatoms. The van der Waals surface area contributed by atoms with Crippen molar-refractivity contribution in [3.63, 3.8) is 0 Å². The third-order valence-electron chi connectivity index (χ3n) is 6.53. The highest BCUT2D eigenvalue weighted by Gasteiger charge is 2.35. The van der Waals surface area contributed by atoms with Crippen molar-refractivity contribution in [2.45, 2.75) is 25.8 Å². The van der Waals surface area contributed by atoms with E-state index >= 15 is 0 Å². The molecule has 0 aliphatic carbocycles. The highest BCUT2D eigenvalue weighted by atomic mass is 16.2. The molecule has 0 spiro atoms. The summed E-state index contributed by atoms with van der Waals surface area (Å²) in [6.45, 7) is 6.40. The van der Waals surface area contributed by atoms with Gasteiger partial charge in [-0.2, -0.15) is 0 Å². The minimum Gasteiger partial charge on any atom is -0.369 e. The van der Waals surface area contributed by atoms with Crippen molar-refractivity contribution in [1.29, 1.82) is 0 Å². The number of hydrogen-bond acceptors (Lipinski definition) is 5. The van der Waals surface area contributed by atoms with E-state index in [-0.39, 0.29) is 30.7 Å². The molecule has 0 saturated carbocycles. The number of anilines is 2. The summed E-state index contributed by atoms with van der Waals surface area (Å²) < 4.78 is 0. The van der Waals surface area contributed by atoms with Crippen LogP contribution < -0.4 is 15.5 Å². The maximum absolute atomic E-state index is 13.1. The number of amides is 3. The Labute approximate surface area is 200 Å². The summed E-state index contributed by atoms with van der Waals surface area (Å²) in [5.41, 5.74) is 3.07. The first-order valence-corrected chi connectivity index (χ1v) is 12.0. The highest BCUT2D eigenvalue weighted by molar-refractivity contribution is 5.97. The topological polar surface area (TPSA) is 85.0 Å². The van der Waals surface area contributed by atoms with E-state index in [0.29, 0.717) is 18.8 Å². The van der Waals surface area contributed by atoms with Crippen LogP contribution in [0.4, 0.5) is 11.4 Å². The van der Waals surface area contributed by atoms with Crippen molar-refractivity contribution in [3.8, 4) is 0 Å². The summed E-state index contributed by atoms with van der Waals surface area (Å²) in [6, 6.07) is 17.1. The summed E-state index contributed by atoms with van der Waals surface area (Å²) in [5, 5.41) is 5.65. The number of carbonyl (C=O) groups excluding carboxylic acids is 3. The van der Waals surface area contributed by atoms with Gasteiger partial charge in [0.2, 0.25) is 17.7 Å². The van der Waals surface area contributed by atoms with E-state index in [1.54, 1.807) is 4.90 Å². The molecule has 2 heterocycles. The predicted molar refractivity (Wildman–Crippen MR) is 133 cm³/mol. The lowest BCUT2D eigenvalue weighted by molar-refractivity contribution is -0.145. The van der Waals surface area contributed by atoms with Gasteiger partial charge in [0, 0.05) is 50.6 Å². The van der Waals surface area contributed by atoms with Crippen LogP contribution in [-0.2, 0) is 20.8 Å². The van der Waals surface area contributed by atoms with Gasteiger partial charge < -0.3 is 20.4 Å². The second-order valence-electron chi connectivity index (χ2n) is 8.80. The molecule has 0 aromatic heterocycles. The Balaban J connectivity index is 1.31. The van der Waals surface area contributed by atoms with E-state index in [9.17, 15) is 14.4 Å². The highest BCUT2D eigenvalue weighted by Crippen LogP contribution is 2.17. The third-order valence-corrected chi connectivity index (χ3v) is 6.53. The fraction of sp³-hybridized carbons (Fsp3) is 0.423. The molecule has 4 rings (SSSR count). The summed E-state index contributed by atoms with van der Waals surface area (Å²) in [4.78, 5) is 44.4. The van der Waals surface area contributed by atoms with E-state index in [1.165, 1.54) is 11.3 Å². The first kappa shape index (κ1) is 23.8. The Morgan fingerprint density at radius 3 is 2.35 bits per heavy atom. The van der Waals surface area contributed by atoms with E-state index < -0.39 is 6.04 Å². The van der Waals surface area contributed by atoms with Crippen molar-refractivity contribution >= 4 is 29.1 Å². The summed E-state index contributed by atoms with van der Waals surface area (Å²) in [7, 11) is 0. The molecule has 2 aromatic rings. The molecule has 2 aromatic carbocycles. The lowest BCUT2D eigenvalue weighted by atomic mass is 10.1. The molecule has 0 bridgehead atoms. The molecule has 3 amide bonds. The quantitative estimate of drug-likeness (QED) is 0.653. The standard InChI is InChI=1S/C26H33N5O3/c1-2-20-8-10-21(11-9-20)28-24(32)18-23-26(34)27-12-13-31(23)25(33)19-29-14-16-30(17-15-29)22-6-4-3-5-7-22/h3-11,23H,2,12-19H2,1H3,(H,27,34)(H,28,32)/t23-/m0/s1. The van der Waals surface area contributed by atoms with Crippen molar-refractivity contribution in [3.05, 3.63) is 60.2 Å². The van der Waals surface area contributed by atoms with E-state index in [2.05, 4.69) is 39.5 Å². The Hall–Kier alpha value is -3.39. The molecular weight excluding hydrogens is 430 g/mol. The number of benzene rings is 2. The van der Waals surface area contributed by atoms with Gasteiger partial charge in [0.25, 0.3) is 0 Å². The monoisotopic (exact) mass is 463 g/mol. The van der Waals surface area contributed by atoms with Crippen LogP contribution in [0.15, 0.2) is 54.6 Å². The van der Waals surface area contributed by atoms with Gasteiger partial charge in [-0.15, -0.1) is 0 Å². The molecular formula is C26H33N5O3. The Kier molecular flexibility index (Phi) is 7.80. The van der Waals surface area contributed by atoms with Crippen LogP contribution in [0.3, 0.4) is 0 Å². The molecule has 2 aliphatic heterocycles. The normalized spacial score (nSPS) is 19.0. The summed E-state index contributed by atoms with van der Waals surface area (Å²) in [6.07, 6.45) is 0.865. The number of hydrogen-bond donors (Lipinski definition) is 2. The van der Waals surface area contributed by atoms with E-state index in [4.69, 9.17) is 0 Å². The van der Waals surface area contributed by atoms with Crippen LogP contribution in [0.25, 0.3) is 0 Å². The molecule has 2 fully saturated rings. The second kappa shape index (κ2) is 11.2. The van der Waals surface area contributed by atoms with Crippen molar-refractivity contribution in [2.24, 2.45) is 0 Å². The average Bonchev–Trinajstić information content (AvgIpc) is 2.86. The Bertz CT molecular complexity index is 987. The molecule has 1 atom stereocenters. The lowest BCUT2D eigenvalue weighted by Gasteiger charge is -2.39. The largest absolute Gasteiger partial charge is 0.369 e. The zero-order chi connectivity index (χ0) is 23.9. The fourth-order valence-electron chi connectivity index (χ4n) is 4.51. The number of piperazine rings is 2. The molecule has 0 unspecified atom stereocenters.